The third kappa shape index (κ3) is 3.92. The number of carbonyl (C=O) groups excluding carboxylic acids is 2. The first-order chi connectivity index (χ1) is 16.8. The van der Waals surface area contributed by atoms with E-state index in [9.17, 15) is 19.5 Å². The van der Waals surface area contributed by atoms with Crippen molar-refractivity contribution in [3.63, 3.8) is 0 Å². The Kier molecular flexibility index (Phi) is 5.94. The van der Waals surface area contributed by atoms with E-state index in [1.165, 1.54) is 23.8 Å². The minimum absolute atomic E-state index is 0.0277. The van der Waals surface area contributed by atoms with Crippen molar-refractivity contribution in [2.45, 2.75) is 24.9 Å². The van der Waals surface area contributed by atoms with E-state index in [1.54, 1.807) is 11.3 Å². The van der Waals surface area contributed by atoms with Gasteiger partial charge in [-0.15, -0.1) is 11.8 Å². The molecule has 0 radical (unpaired) electrons. The Bertz CT molecular complexity index is 1420. The molecule has 35 heavy (non-hydrogen) atoms. The number of amides is 2. The van der Waals surface area contributed by atoms with Crippen LogP contribution in [-0.4, -0.2) is 71.5 Å². The smallest absolute Gasteiger partial charge is 0.352 e. The fourth-order valence-electron chi connectivity index (χ4n) is 4.00. The lowest BCUT2D eigenvalue weighted by atomic mass is 10.0. The molecular weight excluding hydrogens is 516 g/mol. The maximum atomic E-state index is 13.0. The predicted molar refractivity (Wildman–Crippen MR) is 128 cm³/mol. The van der Waals surface area contributed by atoms with Gasteiger partial charge >= 0.3 is 5.97 Å². The number of β-lactam (4-membered cyclic amide) rings is 1. The number of oxime groups is 1. The van der Waals surface area contributed by atoms with Crippen LogP contribution in [0.3, 0.4) is 0 Å². The Balaban J connectivity index is 1.37. The summed E-state index contributed by atoms with van der Waals surface area (Å²) in [5.74, 6) is -1.12. The van der Waals surface area contributed by atoms with Gasteiger partial charge in [0.15, 0.2) is 5.13 Å². The van der Waals surface area contributed by atoms with Crippen LogP contribution in [0.25, 0.3) is 4.83 Å². The van der Waals surface area contributed by atoms with Gasteiger partial charge in [-0.3, -0.25) is 14.5 Å². The molecule has 16 heteroatoms. The zero-order valence-electron chi connectivity index (χ0n) is 18.4. The molecule has 0 aliphatic carbocycles. The molecule has 182 valence electrons. The highest BCUT2D eigenvalue weighted by atomic mass is 32.2. The number of rotatable bonds is 7. The van der Waals surface area contributed by atoms with Crippen LogP contribution in [0.4, 0.5) is 5.13 Å². The average Bonchev–Trinajstić information content (AvgIpc) is 3.54. The summed E-state index contributed by atoms with van der Waals surface area (Å²) in [6, 6.07) is -0.935. The number of thioether (sulfide) groups is 1. The summed E-state index contributed by atoms with van der Waals surface area (Å²) in [6.45, 7) is 2.29. The van der Waals surface area contributed by atoms with E-state index in [-0.39, 0.29) is 22.4 Å². The second-order valence-electron chi connectivity index (χ2n) is 7.61. The van der Waals surface area contributed by atoms with E-state index in [0.717, 1.165) is 22.2 Å². The fraction of sp³-hybridized carbons (Fsp3) is 0.316. The van der Waals surface area contributed by atoms with Crippen molar-refractivity contribution in [1.29, 1.82) is 0 Å². The number of hydrogen-bond acceptors (Lipinski definition) is 11. The summed E-state index contributed by atoms with van der Waals surface area (Å²) >= 11 is 3.85. The normalized spacial score (nSPS) is 20.1. The van der Waals surface area contributed by atoms with Crippen molar-refractivity contribution in [2.24, 2.45) is 5.16 Å². The lowest BCUT2D eigenvalue weighted by Crippen LogP contribution is -2.71. The molecule has 5 heterocycles. The lowest BCUT2D eigenvalue weighted by Gasteiger charge is -2.49. The van der Waals surface area contributed by atoms with E-state index in [4.69, 9.17) is 10.6 Å². The number of nitrogens with zero attached hydrogens (tertiary/aromatic N) is 6. The Morgan fingerprint density at radius 3 is 2.91 bits per heavy atom. The van der Waals surface area contributed by atoms with Gasteiger partial charge in [-0.1, -0.05) is 16.5 Å². The zero-order valence-corrected chi connectivity index (χ0v) is 20.8. The van der Waals surface area contributed by atoms with E-state index in [1.807, 2.05) is 33.7 Å². The maximum Gasteiger partial charge on any atom is 0.352 e. The SMILES string of the molecule is CO/N=C(\C(=O)N[C@@H]1C(=O)N2C(C(=O)O)=C(C[n+]3cc4sccn4c3C)CS[C@H]12)c1nsc(N)n1. The van der Waals surface area contributed by atoms with Crippen LogP contribution < -0.4 is 15.6 Å². The Morgan fingerprint density at radius 2 is 2.26 bits per heavy atom. The number of fused-ring (bicyclic) bond motifs is 2. The number of thiazole rings is 1. The standard InChI is InChI=1S/C19H18N8O5S3/c1-8-25(6-10-26(8)3-4-33-10)5-9-7-34-17-12(16(29)27(17)13(9)18(30)31)21-15(28)11(23-32-2)14-22-19(20)35-24-14/h3-4,6,12,17H,5,7H2,1-2H3,(H3-,20,21,22,24,28,30,31)/p+1/b23-11-/t12-,17-/m1/s1. The number of imidazole rings is 1. The molecular formula is C19H19N8O5S3+. The van der Waals surface area contributed by atoms with Crippen LogP contribution in [0.1, 0.15) is 11.6 Å². The van der Waals surface area contributed by atoms with Crippen molar-refractivity contribution < 1.29 is 28.9 Å². The number of carbonyl (C=O) groups is 3. The van der Waals surface area contributed by atoms with Gasteiger partial charge in [-0.05, 0) is 0 Å². The molecule has 2 atom stereocenters. The second-order valence-corrected chi connectivity index (χ2v) is 10.4. The number of aryl methyl sites for hydroxylation is 1. The van der Waals surface area contributed by atoms with Gasteiger partial charge in [0.2, 0.25) is 16.4 Å². The van der Waals surface area contributed by atoms with Crippen molar-refractivity contribution in [2.75, 3.05) is 18.6 Å². The summed E-state index contributed by atoms with van der Waals surface area (Å²) in [5, 5.41) is 17.8. The van der Waals surface area contributed by atoms with Gasteiger partial charge in [0.25, 0.3) is 17.6 Å². The molecule has 3 aromatic rings. The average molecular weight is 536 g/mol. The number of nitrogen functional groups attached to an aromatic ring is 1. The number of anilines is 1. The number of aliphatic carboxylic acids is 1. The van der Waals surface area contributed by atoms with Gasteiger partial charge < -0.3 is 21.0 Å². The molecule has 0 unspecified atom stereocenters. The summed E-state index contributed by atoms with van der Waals surface area (Å²) in [6.07, 6.45) is 3.91. The molecule has 13 nitrogen and oxygen atoms in total. The Morgan fingerprint density at radius 1 is 1.46 bits per heavy atom. The molecule has 1 saturated heterocycles. The van der Waals surface area contributed by atoms with Crippen molar-refractivity contribution in [3.8, 4) is 0 Å². The van der Waals surface area contributed by atoms with Crippen LogP contribution in [0.5, 0.6) is 0 Å². The topological polar surface area (TPSA) is 168 Å². The quantitative estimate of drug-likeness (QED) is 0.161. The van der Waals surface area contributed by atoms with Crippen LogP contribution in [0, 0.1) is 6.92 Å². The van der Waals surface area contributed by atoms with Crippen molar-refractivity contribution in [1.82, 2.24) is 24.0 Å². The Hall–Kier alpha value is -3.50. The molecule has 3 aromatic heterocycles. The molecule has 4 N–H and O–H groups in total. The minimum atomic E-state index is -1.19. The number of carboxylic acids is 1. The van der Waals surface area contributed by atoms with Gasteiger partial charge in [0.05, 0.1) is 0 Å². The number of aromatic nitrogens is 4. The van der Waals surface area contributed by atoms with Crippen LogP contribution in [0.2, 0.25) is 0 Å². The number of carboxylic acid groups (broad SMARTS) is 1. The first-order valence-corrected chi connectivity index (χ1v) is 12.9. The summed E-state index contributed by atoms with van der Waals surface area (Å²) in [7, 11) is 1.26. The lowest BCUT2D eigenvalue weighted by molar-refractivity contribution is -0.693. The third-order valence-electron chi connectivity index (χ3n) is 5.62. The van der Waals surface area contributed by atoms with Crippen molar-refractivity contribution in [3.05, 3.63) is 40.7 Å². The minimum Gasteiger partial charge on any atom is -0.477 e. The molecule has 2 aliphatic heterocycles. The number of nitrogens with two attached hydrogens (primary N) is 1. The van der Waals surface area contributed by atoms with Gasteiger partial charge in [-0.25, -0.2) is 9.36 Å². The third-order valence-corrected chi connectivity index (χ3v) is 8.30. The highest BCUT2D eigenvalue weighted by molar-refractivity contribution is 8.00. The maximum absolute atomic E-state index is 13.0. The highest BCUT2D eigenvalue weighted by Crippen LogP contribution is 2.40. The van der Waals surface area contributed by atoms with E-state index < -0.39 is 29.2 Å². The fourth-order valence-corrected chi connectivity index (χ4v) is 6.59. The number of nitrogens with one attached hydrogen (secondary N) is 1. The molecule has 0 saturated carbocycles. The monoisotopic (exact) mass is 535 g/mol. The Labute approximate surface area is 210 Å². The largest absolute Gasteiger partial charge is 0.477 e. The van der Waals surface area contributed by atoms with Gasteiger partial charge in [-0.2, -0.15) is 13.8 Å². The van der Waals surface area contributed by atoms with E-state index >= 15 is 0 Å². The molecule has 2 amide bonds. The van der Waals surface area contributed by atoms with E-state index in [0.29, 0.717) is 17.9 Å². The van der Waals surface area contributed by atoms with Gasteiger partial charge in [0, 0.05) is 35.2 Å². The molecule has 0 aromatic carbocycles. The summed E-state index contributed by atoms with van der Waals surface area (Å²) in [5.41, 5.74) is 5.92. The zero-order chi connectivity index (χ0) is 24.9. The predicted octanol–water partition coefficient (Wildman–Crippen LogP) is -0.180. The van der Waals surface area contributed by atoms with Crippen LogP contribution in [0.15, 0.2) is 34.2 Å². The van der Waals surface area contributed by atoms with Gasteiger partial charge in [0.1, 0.15) is 43.2 Å². The van der Waals surface area contributed by atoms with Crippen molar-refractivity contribution >= 4 is 68.1 Å². The first kappa shape index (κ1) is 23.3. The number of hydrogen-bond donors (Lipinski definition) is 3. The second kappa shape index (κ2) is 8.94. The molecule has 1 fully saturated rings. The molecule has 0 spiro atoms. The molecule has 0 bridgehead atoms. The van der Waals surface area contributed by atoms with Crippen LogP contribution in [-0.2, 0) is 25.8 Å². The van der Waals surface area contributed by atoms with Crippen LogP contribution >= 0.6 is 34.6 Å². The summed E-state index contributed by atoms with van der Waals surface area (Å²) < 4.78 is 7.95. The van der Waals surface area contributed by atoms with E-state index in [2.05, 4.69) is 19.8 Å². The highest BCUT2D eigenvalue weighted by Gasteiger charge is 2.54. The first-order valence-electron chi connectivity index (χ1n) is 10.2. The molecule has 2 aliphatic rings. The summed E-state index contributed by atoms with van der Waals surface area (Å²) in [4.78, 5) is 48.9. The molecule has 5 rings (SSSR count).